The molecular weight excluding hydrogens is 286 g/mol. The molecule has 2 fully saturated rings. The first kappa shape index (κ1) is 14.0. The molecule has 0 aliphatic carbocycles. The molecule has 3 N–H and O–H groups in total. The second-order valence-corrected chi connectivity index (χ2v) is 5.94. The van der Waals surface area contributed by atoms with Crippen molar-refractivity contribution in [2.75, 3.05) is 13.1 Å². The van der Waals surface area contributed by atoms with E-state index in [9.17, 15) is 9.59 Å². The van der Waals surface area contributed by atoms with Gasteiger partial charge in [-0.05, 0) is 25.0 Å². The largest absolute Gasteiger partial charge is 0.389 e. The van der Waals surface area contributed by atoms with Crippen molar-refractivity contribution in [1.82, 2.24) is 10.2 Å². The molecule has 2 aliphatic rings. The number of fused-ring (bicyclic) bond motifs is 1. The summed E-state index contributed by atoms with van der Waals surface area (Å²) in [7, 11) is 0. The van der Waals surface area contributed by atoms with Crippen LogP contribution in [0.25, 0.3) is 0 Å². The third-order valence-electron chi connectivity index (χ3n) is 4.28. The number of carbonyl (C=O) groups excluding carboxylic acids is 2. The Hall–Kier alpha value is -1.95. The molecule has 5 nitrogen and oxygen atoms in total. The maximum absolute atomic E-state index is 12.7. The third-order valence-corrected chi connectivity index (χ3v) is 4.51. The normalized spacial score (nSPS) is 24.4. The number of hydrogen-bond donors (Lipinski definition) is 2. The van der Waals surface area contributed by atoms with Gasteiger partial charge in [-0.25, -0.2) is 0 Å². The predicted octanol–water partition coefficient (Wildman–Crippen LogP) is 0.671. The molecule has 110 valence electrons. The van der Waals surface area contributed by atoms with Gasteiger partial charge in [0.1, 0.15) is 4.99 Å². The van der Waals surface area contributed by atoms with Crippen molar-refractivity contribution in [3.8, 4) is 0 Å². The van der Waals surface area contributed by atoms with Gasteiger partial charge >= 0.3 is 0 Å². The number of carbonyl (C=O) groups is 2. The number of thiocarbonyl (C=S) groups is 1. The second kappa shape index (κ2) is 5.44. The molecule has 0 radical (unpaired) electrons. The van der Waals surface area contributed by atoms with Crippen LogP contribution in [0.5, 0.6) is 0 Å². The number of piperidine rings is 1. The summed E-state index contributed by atoms with van der Waals surface area (Å²) in [4.78, 5) is 26.5. The fourth-order valence-corrected chi connectivity index (χ4v) is 3.28. The zero-order valence-corrected chi connectivity index (χ0v) is 12.4. The highest BCUT2D eigenvalue weighted by Crippen LogP contribution is 2.28. The van der Waals surface area contributed by atoms with Gasteiger partial charge in [-0.3, -0.25) is 9.59 Å². The molecular formula is C15H17N3O2S. The lowest BCUT2D eigenvalue weighted by atomic mass is 9.91. The van der Waals surface area contributed by atoms with E-state index in [0.29, 0.717) is 23.6 Å². The number of rotatable bonds is 2. The third kappa shape index (κ3) is 2.51. The molecule has 2 aliphatic heterocycles. The molecule has 0 bridgehead atoms. The van der Waals surface area contributed by atoms with Crippen LogP contribution in [-0.2, 0) is 4.79 Å². The van der Waals surface area contributed by atoms with E-state index >= 15 is 0 Å². The summed E-state index contributed by atoms with van der Waals surface area (Å²) in [5.74, 6) is -0.0180. The SMILES string of the molecule is NC(=S)c1ccc(C(=O)N2CCCC3C(=O)NCC32)cc1. The van der Waals surface area contributed by atoms with E-state index in [2.05, 4.69) is 5.32 Å². The Morgan fingerprint density at radius 3 is 2.62 bits per heavy atom. The van der Waals surface area contributed by atoms with E-state index in [0.717, 1.165) is 18.4 Å². The number of amides is 2. The Kier molecular flexibility index (Phi) is 3.63. The molecule has 2 amide bonds. The molecule has 1 aromatic rings. The van der Waals surface area contributed by atoms with E-state index < -0.39 is 0 Å². The highest BCUT2D eigenvalue weighted by Gasteiger charge is 2.42. The van der Waals surface area contributed by atoms with Crippen molar-refractivity contribution in [3.63, 3.8) is 0 Å². The van der Waals surface area contributed by atoms with E-state index in [-0.39, 0.29) is 23.8 Å². The molecule has 1 aromatic carbocycles. The van der Waals surface area contributed by atoms with Crippen LogP contribution in [0.3, 0.4) is 0 Å². The maximum Gasteiger partial charge on any atom is 0.254 e. The fourth-order valence-electron chi connectivity index (χ4n) is 3.15. The highest BCUT2D eigenvalue weighted by molar-refractivity contribution is 7.80. The van der Waals surface area contributed by atoms with E-state index in [1.54, 1.807) is 24.3 Å². The van der Waals surface area contributed by atoms with Gasteiger partial charge in [0.15, 0.2) is 0 Å². The Labute approximate surface area is 128 Å². The second-order valence-electron chi connectivity index (χ2n) is 5.50. The zero-order valence-electron chi connectivity index (χ0n) is 11.5. The average molecular weight is 303 g/mol. The van der Waals surface area contributed by atoms with Gasteiger partial charge in [0, 0.05) is 24.2 Å². The summed E-state index contributed by atoms with van der Waals surface area (Å²) in [5.41, 5.74) is 6.91. The minimum Gasteiger partial charge on any atom is -0.389 e. The standard InChI is InChI=1S/C15H17N3O2S/c16-13(21)9-3-5-10(6-4-9)15(20)18-7-1-2-11-12(18)8-17-14(11)19/h3-6,11-12H,1-2,7-8H2,(H2,16,21)(H,17,19). The van der Waals surface area contributed by atoms with Gasteiger partial charge in [-0.15, -0.1) is 0 Å². The van der Waals surface area contributed by atoms with Crippen LogP contribution in [0.1, 0.15) is 28.8 Å². The first-order valence-corrected chi connectivity index (χ1v) is 7.47. The van der Waals surface area contributed by atoms with Gasteiger partial charge < -0.3 is 16.0 Å². The molecule has 2 unspecified atom stereocenters. The topological polar surface area (TPSA) is 75.4 Å². The van der Waals surface area contributed by atoms with Crippen LogP contribution in [0.2, 0.25) is 0 Å². The van der Waals surface area contributed by atoms with Crippen LogP contribution >= 0.6 is 12.2 Å². The number of hydrogen-bond acceptors (Lipinski definition) is 3. The number of nitrogens with zero attached hydrogens (tertiary/aromatic N) is 1. The first-order chi connectivity index (χ1) is 10.1. The van der Waals surface area contributed by atoms with Crippen molar-refractivity contribution < 1.29 is 9.59 Å². The predicted molar refractivity (Wildman–Crippen MR) is 82.9 cm³/mol. The van der Waals surface area contributed by atoms with Crippen molar-refractivity contribution >= 4 is 29.0 Å². The Balaban J connectivity index is 1.81. The highest BCUT2D eigenvalue weighted by atomic mass is 32.1. The van der Waals surface area contributed by atoms with Gasteiger partial charge in [0.05, 0.1) is 12.0 Å². The lowest BCUT2D eigenvalue weighted by Crippen LogP contribution is -2.48. The van der Waals surface area contributed by atoms with Crippen molar-refractivity contribution in [3.05, 3.63) is 35.4 Å². The van der Waals surface area contributed by atoms with Crippen molar-refractivity contribution in [1.29, 1.82) is 0 Å². The fraction of sp³-hybridized carbons (Fsp3) is 0.400. The van der Waals surface area contributed by atoms with Crippen LogP contribution in [0, 0.1) is 5.92 Å². The Morgan fingerprint density at radius 2 is 1.95 bits per heavy atom. The molecule has 21 heavy (non-hydrogen) atoms. The Bertz CT molecular complexity index is 599. The van der Waals surface area contributed by atoms with Gasteiger partial charge in [-0.2, -0.15) is 0 Å². The summed E-state index contributed by atoms with van der Waals surface area (Å²) >= 11 is 4.91. The molecule has 0 aromatic heterocycles. The number of benzene rings is 1. The van der Waals surface area contributed by atoms with E-state index in [4.69, 9.17) is 18.0 Å². The lowest BCUT2D eigenvalue weighted by Gasteiger charge is -2.36. The molecule has 3 rings (SSSR count). The molecule has 0 saturated carbocycles. The van der Waals surface area contributed by atoms with E-state index in [1.807, 2.05) is 4.90 Å². The first-order valence-electron chi connectivity index (χ1n) is 7.06. The molecule has 2 heterocycles. The summed E-state index contributed by atoms with van der Waals surface area (Å²) < 4.78 is 0. The number of nitrogens with one attached hydrogen (secondary N) is 1. The van der Waals surface area contributed by atoms with Gasteiger partial charge in [-0.1, -0.05) is 24.4 Å². The minimum absolute atomic E-state index is 0.0194. The average Bonchev–Trinajstić information content (AvgIpc) is 2.88. The van der Waals surface area contributed by atoms with E-state index in [1.165, 1.54) is 0 Å². The molecule has 0 spiro atoms. The van der Waals surface area contributed by atoms with Crippen LogP contribution < -0.4 is 11.1 Å². The summed E-state index contributed by atoms with van der Waals surface area (Å²) in [5, 5.41) is 2.86. The number of likely N-dealkylation sites (tertiary alicyclic amines) is 1. The molecule has 2 saturated heterocycles. The number of nitrogens with two attached hydrogens (primary N) is 1. The van der Waals surface area contributed by atoms with Crippen molar-refractivity contribution in [2.45, 2.75) is 18.9 Å². The molecule has 2 atom stereocenters. The smallest absolute Gasteiger partial charge is 0.254 e. The molecule has 6 heteroatoms. The van der Waals surface area contributed by atoms with Crippen LogP contribution in [0.15, 0.2) is 24.3 Å². The lowest BCUT2D eigenvalue weighted by molar-refractivity contribution is -0.123. The van der Waals surface area contributed by atoms with Gasteiger partial charge in [0.25, 0.3) is 5.91 Å². The summed E-state index contributed by atoms with van der Waals surface area (Å²) in [6.45, 7) is 1.26. The van der Waals surface area contributed by atoms with Crippen LogP contribution in [0.4, 0.5) is 0 Å². The van der Waals surface area contributed by atoms with Gasteiger partial charge in [0.2, 0.25) is 5.91 Å². The Morgan fingerprint density at radius 1 is 1.29 bits per heavy atom. The maximum atomic E-state index is 12.7. The van der Waals surface area contributed by atoms with Crippen molar-refractivity contribution in [2.24, 2.45) is 11.7 Å². The summed E-state index contributed by atoms with van der Waals surface area (Å²) in [6.07, 6.45) is 1.73. The summed E-state index contributed by atoms with van der Waals surface area (Å²) in [6, 6.07) is 6.98. The monoisotopic (exact) mass is 303 g/mol. The quantitative estimate of drug-likeness (QED) is 0.788. The minimum atomic E-state index is -0.0569. The zero-order chi connectivity index (χ0) is 15.0. The van der Waals surface area contributed by atoms with Crippen LogP contribution in [-0.4, -0.2) is 40.8 Å².